The van der Waals surface area contributed by atoms with E-state index in [-0.39, 0.29) is 18.9 Å². The van der Waals surface area contributed by atoms with Gasteiger partial charge in [0.15, 0.2) is 0 Å². The van der Waals surface area contributed by atoms with Gasteiger partial charge in [-0.1, -0.05) is 26.8 Å². The zero-order valence-corrected chi connectivity index (χ0v) is 13.9. The fourth-order valence-electron chi connectivity index (χ4n) is 1.78. The predicted octanol–water partition coefficient (Wildman–Crippen LogP) is -1.19. The lowest BCUT2D eigenvalue weighted by Crippen LogP contribution is -2.53. The van der Waals surface area contributed by atoms with Crippen molar-refractivity contribution in [2.24, 2.45) is 11.7 Å². The van der Waals surface area contributed by atoms with Crippen molar-refractivity contribution in [2.45, 2.75) is 38.8 Å². The summed E-state index contributed by atoms with van der Waals surface area (Å²) in [6.07, 6.45) is 6.75. The van der Waals surface area contributed by atoms with Gasteiger partial charge in [0.25, 0.3) is 0 Å². The normalized spacial score (nSPS) is 13.5. The van der Waals surface area contributed by atoms with Gasteiger partial charge >= 0.3 is 0 Å². The van der Waals surface area contributed by atoms with E-state index in [0.29, 0.717) is 6.42 Å². The minimum Gasteiger partial charge on any atom is -0.368 e. The molecule has 0 saturated carbocycles. The monoisotopic (exact) mass is 336 g/mol. The first-order valence-corrected chi connectivity index (χ1v) is 7.49. The fourth-order valence-corrected chi connectivity index (χ4v) is 1.78. The summed E-state index contributed by atoms with van der Waals surface area (Å²) in [7, 11) is 0. The predicted molar refractivity (Wildman–Crippen MR) is 89.2 cm³/mol. The third-order valence-corrected chi connectivity index (χ3v) is 3.40. The van der Waals surface area contributed by atoms with E-state index in [2.05, 4.69) is 28.4 Å². The van der Waals surface area contributed by atoms with Gasteiger partial charge in [0.1, 0.15) is 12.1 Å². The average Bonchev–Trinajstić information content (AvgIpc) is 2.55. The van der Waals surface area contributed by atoms with Gasteiger partial charge in [0, 0.05) is 6.42 Å². The van der Waals surface area contributed by atoms with Crippen LogP contribution in [-0.4, -0.2) is 42.3 Å². The largest absolute Gasteiger partial charge is 0.368 e. The maximum atomic E-state index is 12.2. The standard InChI is InChI=1S/C16H24N4O4/c1-5-8-11(15(17)23)19-13(22)9-18-16(24)14(10(4)6-2)20-12(21)7-3/h1,7,10-11,14H,3,6,8-9H2,2,4H3,(H2,17,23)(H,18,24)(H,19,22)(H,20,21)/t10-,11-,14-/m0/s1. The molecule has 0 aromatic carbocycles. The van der Waals surface area contributed by atoms with Crippen LogP contribution in [0.2, 0.25) is 0 Å². The first-order chi connectivity index (χ1) is 11.3. The molecule has 24 heavy (non-hydrogen) atoms. The molecule has 0 heterocycles. The molecule has 8 heteroatoms. The Morgan fingerprint density at radius 2 is 1.92 bits per heavy atom. The van der Waals surface area contributed by atoms with Crippen LogP contribution in [0, 0.1) is 18.3 Å². The second-order valence-corrected chi connectivity index (χ2v) is 5.22. The minimum atomic E-state index is -0.995. The van der Waals surface area contributed by atoms with Crippen molar-refractivity contribution in [3.63, 3.8) is 0 Å². The molecule has 0 aliphatic rings. The molecular weight excluding hydrogens is 312 g/mol. The van der Waals surface area contributed by atoms with E-state index in [1.165, 1.54) is 0 Å². The average molecular weight is 336 g/mol. The van der Waals surface area contributed by atoms with Crippen LogP contribution < -0.4 is 21.7 Å². The summed E-state index contributed by atoms with van der Waals surface area (Å²) in [4.78, 5) is 46.5. The van der Waals surface area contributed by atoms with Gasteiger partial charge in [0.2, 0.25) is 23.6 Å². The molecule has 0 unspecified atom stereocenters. The molecular formula is C16H24N4O4. The molecule has 0 rings (SSSR count). The highest BCUT2D eigenvalue weighted by molar-refractivity contribution is 5.94. The number of carbonyl (C=O) groups is 4. The number of carbonyl (C=O) groups excluding carboxylic acids is 4. The highest BCUT2D eigenvalue weighted by Crippen LogP contribution is 2.08. The van der Waals surface area contributed by atoms with Gasteiger partial charge in [-0.2, -0.15) is 0 Å². The van der Waals surface area contributed by atoms with E-state index in [1.54, 1.807) is 6.92 Å². The van der Waals surface area contributed by atoms with Crippen LogP contribution in [0.1, 0.15) is 26.7 Å². The molecule has 0 spiro atoms. The summed E-state index contributed by atoms with van der Waals surface area (Å²) in [6, 6.07) is -1.80. The van der Waals surface area contributed by atoms with E-state index in [4.69, 9.17) is 12.2 Å². The molecule has 5 N–H and O–H groups in total. The first kappa shape index (κ1) is 21.2. The molecule has 3 atom stereocenters. The first-order valence-electron chi connectivity index (χ1n) is 7.49. The van der Waals surface area contributed by atoms with Crippen molar-refractivity contribution in [2.75, 3.05) is 6.54 Å². The zero-order chi connectivity index (χ0) is 18.7. The quantitative estimate of drug-likeness (QED) is 0.295. The molecule has 0 aliphatic heterocycles. The number of nitrogens with two attached hydrogens (primary N) is 1. The van der Waals surface area contributed by atoms with Crippen molar-refractivity contribution < 1.29 is 19.2 Å². The molecule has 132 valence electrons. The molecule has 4 amide bonds. The van der Waals surface area contributed by atoms with Crippen LogP contribution in [0.4, 0.5) is 0 Å². The summed E-state index contributed by atoms with van der Waals surface area (Å²) in [6.45, 7) is 6.63. The molecule has 0 saturated heterocycles. The molecule has 0 radical (unpaired) electrons. The summed E-state index contributed by atoms with van der Waals surface area (Å²) in [5, 5.41) is 7.26. The van der Waals surface area contributed by atoms with Crippen molar-refractivity contribution in [1.82, 2.24) is 16.0 Å². The highest BCUT2D eigenvalue weighted by Gasteiger charge is 2.26. The van der Waals surface area contributed by atoms with Crippen LogP contribution in [0.3, 0.4) is 0 Å². The number of amides is 4. The number of hydrogen-bond donors (Lipinski definition) is 4. The Balaban J connectivity index is 4.68. The van der Waals surface area contributed by atoms with Gasteiger partial charge in [-0.25, -0.2) is 0 Å². The topological polar surface area (TPSA) is 130 Å². The third-order valence-electron chi connectivity index (χ3n) is 3.40. The van der Waals surface area contributed by atoms with E-state index in [1.807, 2.05) is 6.92 Å². The van der Waals surface area contributed by atoms with Crippen molar-refractivity contribution in [3.05, 3.63) is 12.7 Å². The van der Waals surface area contributed by atoms with Crippen LogP contribution in [0.5, 0.6) is 0 Å². The Morgan fingerprint density at radius 3 is 2.38 bits per heavy atom. The molecule has 0 fully saturated rings. The summed E-state index contributed by atoms with van der Waals surface area (Å²) >= 11 is 0. The Kier molecular flexibility index (Phi) is 9.56. The number of primary amides is 1. The van der Waals surface area contributed by atoms with Crippen molar-refractivity contribution in [1.29, 1.82) is 0 Å². The smallest absolute Gasteiger partial charge is 0.244 e. The number of rotatable bonds is 10. The number of nitrogens with one attached hydrogen (secondary N) is 3. The SMILES string of the molecule is C#CC[C@H](NC(=O)CNC(=O)[C@@H](NC(=O)C=C)[C@@H](C)CC)C(N)=O. The Bertz CT molecular complexity index is 539. The lowest BCUT2D eigenvalue weighted by Gasteiger charge is -2.23. The van der Waals surface area contributed by atoms with E-state index in [9.17, 15) is 19.2 Å². The summed E-state index contributed by atoms with van der Waals surface area (Å²) < 4.78 is 0. The Hall–Kier alpha value is -2.82. The highest BCUT2D eigenvalue weighted by atomic mass is 16.2. The van der Waals surface area contributed by atoms with Gasteiger partial charge in [-0.3, -0.25) is 19.2 Å². The van der Waals surface area contributed by atoms with Crippen LogP contribution in [-0.2, 0) is 19.2 Å². The van der Waals surface area contributed by atoms with Crippen LogP contribution >= 0.6 is 0 Å². The molecule has 0 bridgehead atoms. The van der Waals surface area contributed by atoms with Crippen molar-refractivity contribution >= 4 is 23.6 Å². The molecule has 8 nitrogen and oxygen atoms in total. The summed E-state index contributed by atoms with van der Waals surface area (Å²) in [5.41, 5.74) is 5.11. The second-order valence-electron chi connectivity index (χ2n) is 5.22. The maximum absolute atomic E-state index is 12.2. The minimum absolute atomic E-state index is 0.0418. The Morgan fingerprint density at radius 1 is 1.29 bits per heavy atom. The van der Waals surface area contributed by atoms with Gasteiger partial charge in [-0.05, 0) is 12.0 Å². The summed E-state index contributed by atoms with van der Waals surface area (Å²) in [5.74, 6) is -0.280. The van der Waals surface area contributed by atoms with Crippen molar-refractivity contribution in [3.8, 4) is 12.3 Å². The number of terminal acetylenes is 1. The van der Waals surface area contributed by atoms with Crippen LogP contribution in [0.15, 0.2) is 12.7 Å². The van der Waals surface area contributed by atoms with E-state index < -0.39 is 35.7 Å². The van der Waals surface area contributed by atoms with Crippen LogP contribution in [0.25, 0.3) is 0 Å². The second kappa shape index (κ2) is 10.8. The number of hydrogen-bond acceptors (Lipinski definition) is 4. The van der Waals surface area contributed by atoms with Gasteiger partial charge in [0.05, 0.1) is 6.54 Å². The Labute approximate surface area is 141 Å². The third kappa shape index (κ3) is 7.45. The van der Waals surface area contributed by atoms with E-state index >= 15 is 0 Å². The lowest BCUT2D eigenvalue weighted by molar-refractivity contribution is -0.131. The molecule has 0 aromatic heterocycles. The molecule has 0 aliphatic carbocycles. The fraction of sp³-hybridized carbons (Fsp3) is 0.500. The zero-order valence-electron chi connectivity index (χ0n) is 13.9. The maximum Gasteiger partial charge on any atom is 0.244 e. The molecule has 0 aromatic rings. The van der Waals surface area contributed by atoms with E-state index in [0.717, 1.165) is 6.08 Å². The van der Waals surface area contributed by atoms with Gasteiger partial charge in [-0.15, -0.1) is 12.3 Å². The lowest BCUT2D eigenvalue weighted by atomic mass is 9.98. The van der Waals surface area contributed by atoms with Gasteiger partial charge < -0.3 is 21.7 Å².